The molecule has 0 rings (SSSR count). The minimum Gasteiger partial charge on any atom is -0.394 e. The summed E-state index contributed by atoms with van der Waals surface area (Å²) in [5.74, 6) is -0.140. The van der Waals surface area contributed by atoms with Crippen LogP contribution in [0.4, 0.5) is 0 Å². The van der Waals surface area contributed by atoms with E-state index >= 15 is 0 Å². The number of nitrogens with one attached hydrogen (secondary N) is 1. The van der Waals surface area contributed by atoms with Gasteiger partial charge in [0.1, 0.15) is 6.10 Å². The van der Waals surface area contributed by atoms with Crippen molar-refractivity contribution >= 4 is 5.91 Å². The molecule has 288 valence electrons. The molecule has 0 unspecified atom stereocenters. The molecule has 0 spiro atoms. The van der Waals surface area contributed by atoms with Gasteiger partial charge in [-0.25, -0.2) is 0 Å². The van der Waals surface area contributed by atoms with Crippen molar-refractivity contribution in [3.05, 3.63) is 0 Å². The van der Waals surface area contributed by atoms with E-state index in [1.807, 2.05) is 0 Å². The molecule has 48 heavy (non-hydrogen) atoms. The summed E-state index contributed by atoms with van der Waals surface area (Å²) in [5, 5.41) is 33.5. The van der Waals surface area contributed by atoms with E-state index in [1.54, 1.807) is 0 Å². The first-order chi connectivity index (χ1) is 23.6. The van der Waals surface area contributed by atoms with E-state index in [2.05, 4.69) is 19.2 Å². The fourth-order valence-corrected chi connectivity index (χ4v) is 7.05. The first-order valence-corrected chi connectivity index (χ1v) is 21.8. The standard InChI is InChI=1S/C43H87NO4/c1-3-5-7-9-11-13-15-17-18-19-20-21-22-23-24-25-26-28-30-32-34-36-38-42(47)44-40(39-45)43(48)41(46)37-35-33-31-29-27-16-14-12-10-8-6-4-2/h40-41,43,45-46,48H,3-39H2,1-2H3,(H,44,47)/t40-,41+,43-/m0/s1. The molecule has 0 radical (unpaired) electrons. The Bertz CT molecular complexity index is 630. The lowest BCUT2D eigenvalue weighted by molar-refractivity contribution is -0.124. The zero-order valence-electron chi connectivity index (χ0n) is 32.6. The number of aliphatic hydroxyl groups excluding tert-OH is 3. The Morgan fingerprint density at radius 3 is 1.00 bits per heavy atom. The number of unbranched alkanes of at least 4 members (excludes halogenated alkanes) is 32. The maximum Gasteiger partial charge on any atom is 0.220 e. The van der Waals surface area contributed by atoms with Crippen LogP contribution >= 0.6 is 0 Å². The van der Waals surface area contributed by atoms with Gasteiger partial charge in [-0.3, -0.25) is 4.79 Å². The summed E-state index contributed by atoms with van der Waals surface area (Å²) >= 11 is 0. The van der Waals surface area contributed by atoms with Crippen LogP contribution in [0.3, 0.4) is 0 Å². The Labute approximate surface area is 300 Å². The molecular formula is C43H87NO4. The van der Waals surface area contributed by atoms with Crippen molar-refractivity contribution in [1.29, 1.82) is 0 Å². The second kappa shape index (κ2) is 39.1. The molecule has 5 nitrogen and oxygen atoms in total. The van der Waals surface area contributed by atoms with Crippen LogP contribution in [0.25, 0.3) is 0 Å². The second-order valence-corrected chi connectivity index (χ2v) is 15.3. The first kappa shape index (κ1) is 47.4. The Morgan fingerprint density at radius 1 is 0.438 bits per heavy atom. The van der Waals surface area contributed by atoms with Gasteiger partial charge >= 0.3 is 0 Å². The molecule has 0 aliphatic heterocycles. The highest BCUT2D eigenvalue weighted by atomic mass is 16.3. The van der Waals surface area contributed by atoms with Crippen molar-refractivity contribution in [2.24, 2.45) is 0 Å². The molecule has 0 aromatic rings. The number of rotatable bonds is 40. The van der Waals surface area contributed by atoms with E-state index in [-0.39, 0.29) is 12.5 Å². The van der Waals surface area contributed by atoms with Crippen molar-refractivity contribution in [3.8, 4) is 0 Å². The summed E-state index contributed by atoms with van der Waals surface area (Å²) in [6.45, 7) is 4.19. The third-order valence-electron chi connectivity index (χ3n) is 10.5. The molecule has 0 aromatic heterocycles. The molecule has 0 saturated carbocycles. The molecule has 0 saturated heterocycles. The molecule has 0 bridgehead atoms. The second-order valence-electron chi connectivity index (χ2n) is 15.3. The van der Waals surface area contributed by atoms with E-state index in [9.17, 15) is 20.1 Å². The van der Waals surface area contributed by atoms with E-state index in [1.165, 1.54) is 186 Å². The zero-order chi connectivity index (χ0) is 35.2. The van der Waals surface area contributed by atoms with E-state index in [4.69, 9.17) is 0 Å². The topological polar surface area (TPSA) is 89.8 Å². The number of aliphatic hydroxyl groups is 3. The van der Waals surface area contributed by atoms with Gasteiger partial charge in [0.15, 0.2) is 0 Å². The summed E-state index contributed by atoms with van der Waals surface area (Å²) < 4.78 is 0. The van der Waals surface area contributed by atoms with Gasteiger partial charge in [0.05, 0.1) is 18.8 Å². The van der Waals surface area contributed by atoms with Crippen LogP contribution in [0.1, 0.15) is 245 Å². The highest BCUT2D eigenvalue weighted by molar-refractivity contribution is 5.76. The van der Waals surface area contributed by atoms with E-state index < -0.39 is 18.2 Å². The monoisotopic (exact) mass is 682 g/mol. The summed E-state index contributed by atoms with van der Waals surface area (Å²) in [6.07, 6.45) is 43.6. The molecular weight excluding hydrogens is 594 g/mol. The zero-order valence-corrected chi connectivity index (χ0v) is 32.6. The number of hydrogen-bond donors (Lipinski definition) is 4. The fourth-order valence-electron chi connectivity index (χ4n) is 7.05. The largest absolute Gasteiger partial charge is 0.394 e. The van der Waals surface area contributed by atoms with Crippen LogP contribution in [0, 0.1) is 0 Å². The minimum atomic E-state index is -1.13. The van der Waals surface area contributed by atoms with Crippen LogP contribution in [-0.4, -0.2) is 46.1 Å². The number of hydrogen-bond acceptors (Lipinski definition) is 4. The molecule has 4 N–H and O–H groups in total. The number of amides is 1. The average Bonchev–Trinajstić information content (AvgIpc) is 3.09. The Kier molecular flexibility index (Phi) is 38.6. The predicted octanol–water partition coefficient (Wildman–Crippen LogP) is 12.3. The van der Waals surface area contributed by atoms with Crippen LogP contribution < -0.4 is 5.32 Å². The maximum atomic E-state index is 12.4. The molecule has 0 fully saturated rings. The SMILES string of the molecule is CCCCCCCCCCCCCCCCCCCCCCCCC(=O)N[C@@H](CO)[C@H](O)[C@H](O)CCCCCCCCCCCCCC. The van der Waals surface area contributed by atoms with Gasteiger partial charge < -0.3 is 20.6 Å². The van der Waals surface area contributed by atoms with Gasteiger partial charge in [-0.2, -0.15) is 0 Å². The predicted molar refractivity (Wildman–Crippen MR) is 209 cm³/mol. The van der Waals surface area contributed by atoms with E-state index in [0.29, 0.717) is 12.8 Å². The third kappa shape index (κ3) is 33.8. The normalized spacial score (nSPS) is 13.5. The molecule has 0 aliphatic rings. The van der Waals surface area contributed by atoms with Crippen LogP contribution in [-0.2, 0) is 4.79 Å². The molecule has 3 atom stereocenters. The first-order valence-electron chi connectivity index (χ1n) is 21.8. The lowest BCUT2D eigenvalue weighted by Gasteiger charge is -2.26. The van der Waals surface area contributed by atoms with E-state index in [0.717, 1.165) is 32.1 Å². The molecule has 0 aliphatic carbocycles. The van der Waals surface area contributed by atoms with Gasteiger partial charge in [-0.1, -0.05) is 226 Å². The fraction of sp³-hybridized carbons (Fsp3) is 0.977. The van der Waals surface area contributed by atoms with Crippen molar-refractivity contribution in [2.75, 3.05) is 6.61 Å². The third-order valence-corrected chi connectivity index (χ3v) is 10.5. The van der Waals surface area contributed by atoms with Crippen molar-refractivity contribution in [1.82, 2.24) is 5.32 Å². The molecule has 1 amide bonds. The average molecular weight is 682 g/mol. The van der Waals surface area contributed by atoms with Crippen molar-refractivity contribution in [2.45, 2.75) is 263 Å². The lowest BCUT2D eigenvalue weighted by Crippen LogP contribution is -2.50. The van der Waals surface area contributed by atoms with Crippen molar-refractivity contribution in [3.63, 3.8) is 0 Å². The Morgan fingerprint density at radius 2 is 0.708 bits per heavy atom. The number of carbonyl (C=O) groups excluding carboxylic acids is 1. The Balaban J connectivity index is 3.54. The number of carbonyl (C=O) groups is 1. The van der Waals surface area contributed by atoms with Gasteiger partial charge in [0, 0.05) is 6.42 Å². The van der Waals surface area contributed by atoms with Crippen molar-refractivity contribution < 1.29 is 20.1 Å². The summed E-state index contributed by atoms with van der Waals surface area (Å²) in [7, 11) is 0. The summed E-state index contributed by atoms with van der Waals surface area (Å²) in [5.41, 5.74) is 0. The Hall–Kier alpha value is -0.650. The van der Waals surface area contributed by atoms with Gasteiger partial charge in [0.2, 0.25) is 5.91 Å². The minimum absolute atomic E-state index is 0.140. The van der Waals surface area contributed by atoms with Gasteiger partial charge in [-0.05, 0) is 12.8 Å². The van der Waals surface area contributed by atoms with Crippen LogP contribution in [0.5, 0.6) is 0 Å². The quantitative estimate of drug-likeness (QED) is 0.0485. The van der Waals surface area contributed by atoms with Gasteiger partial charge in [-0.15, -0.1) is 0 Å². The molecule has 0 heterocycles. The smallest absolute Gasteiger partial charge is 0.220 e. The maximum absolute atomic E-state index is 12.4. The highest BCUT2D eigenvalue weighted by Gasteiger charge is 2.26. The van der Waals surface area contributed by atoms with Crippen LogP contribution in [0.2, 0.25) is 0 Å². The van der Waals surface area contributed by atoms with Gasteiger partial charge in [0.25, 0.3) is 0 Å². The summed E-state index contributed by atoms with van der Waals surface area (Å²) in [4.78, 5) is 12.4. The lowest BCUT2D eigenvalue weighted by atomic mass is 9.99. The molecule has 0 aromatic carbocycles. The summed E-state index contributed by atoms with van der Waals surface area (Å²) in [6, 6.07) is -0.801. The highest BCUT2D eigenvalue weighted by Crippen LogP contribution is 2.17. The molecule has 5 heteroatoms. The van der Waals surface area contributed by atoms with Crippen LogP contribution in [0.15, 0.2) is 0 Å².